The molecule has 5 aromatic rings. The number of dihydropyridines is 1. The molecule has 0 atom stereocenters. The molecule has 0 unspecified atom stereocenters. The first-order valence-corrected chi connectivity index (χ1v) is 16.0. The number of hydrogen-bond donors (Lipinski definition) is 1. The minimum atomic E-state index is -0.977. The maximum Gasteiger partial charge on any atom is 0.337 e. The van der Waals surface area contributed by atoms with E-state index in [9.17, 15) is 9.59 Å². The molecule has 9 heteroatoms. The van der Waals surface area contributed by atoms with Crippen LogP contribution in [0.15, 0.2) is 138 Å². The van der Waals surface area contributed by atoms with Crippen molar-refractivity contribution >= 4 is 11.9 Å². The molecule has 49 heavy (non-hydrogen) atoms. The van der Waals surface area contributed by atoms with Crippen LogP contribution in [-0.4, -0.2) is 28.3 Å². The number of nitrogens with zero attached hydrogens (tertiary/aromatic N) is 2. The predicted molar refractivity (Wildman–Crippen MR) is 184 cm³/mol. The van der Waals surface area contributed by atoms with Gasteiger partial charge >= 0.3 is 11.9 Å². The van der Waals surface area contributed by atoms with Gasteiger partial charge in [0.25, 0.3) is 0 Å². The maximum absolute atomic E-state index is 15.3. The third-order valence-electron chi connectivity index (χ3n) is 8.21. The van der Waals surface area contributed by atoms with E-state index in [0.29, 0.717) is 34.8 Å². The number of hydrogen-bond acceptors (Lipinski definition) is 7. The van der Waals surface area contributed by atoms with E-state index in [1.54, 1.807) is 43.8 Å². The van der Waals surface area contributed by atoms with Crippen molar-refractivity contribution in [3.8, 4) is 22.7 Å². The minimum Gasteiger partial charge on any atom is -0.491 e. The van der Waals surface area contributed by atoms with Gasteiger partial charge in [0, 0.05) is 28.7 Å². The Bertz CT molecular complexity index is 1940. The number of allylic oxidation sites excluding steroid dienone is 2. The van der Waals surface area contributed by atoms with Crippen molar-refractivity contribution in [3.05, 3.63) is 160 Å². The summed E-state index contributed by atoms with van der Waals surface area (Å²) in [7, 11) is 0. The molecule has 1 aliphatic heterocycles. The van der Waals surface area contributed by atoms with Gasteiger partial charge in [-0.25, -0.2) is 18.7 Å². The van der Waals surface area contributed by atoms with Crippen molar-refractivity contribution in [1.82, 2.24) is 15.1 Å². The van der Waals surface area contributed by atoms with Crippen LogP contribution in [0.1, 0.15) is 43.4 Å². The Labute approximate surface area is 284 Å². The Balaban J connectivity index is 1.49. The first-order valence-electron chi connectivity index (χ1n) is 16.0. The Morgan fingerprint density at radius 1 is 0.776 bits per heavy atom. The summed E-state index contributed by atoms with van der Waals surface area (Å²) in [6, 6.07) is 32.7. The number of rotatable bonds is 11. The third-order valence-corrected chi connectivity index (χ3v) is 8.21. The molecule has 0 saturated carbocycles. The highest BCUT2D eigenvalue weighted by molar-refractivity contribution is 6.00. The quantitative estimate of drug-likeness (QED) is 0.145. The van der Waals surface area contributed by atoms with Crippen LogP contribution in [0, 0.1) is 5.82 Å². The minimum absolute atomic E-state index is 0.0277. The number of benzene rings is 4. The summed E-state index contributed by atoms with van der Waals surface area (Å²) in [4.78, 5) is 28.2. The van der Waals surface area contributed by atoms with Crippen LogP contribution < -0.4 is 10.1 Å². The Kier molecular flexibility index (Phi) is 9.99. The molecule has 0 saturated heterocycles. The number of nitrogens with one attached hydrogen (secondary N) is 1. The third kappa shape index (κ3) is 7.31. The summed E-state index contributed by atoms with van der Waals surface area (Å²) in [5, 5.41) is 8.13. The van der Waals surface area contributed by atoms with Crippen molar-refractivity contribution in [1.29, 1.82) is 0 Å². The van der Waals surface area contributed by atoms with Crippen molar-refractivity contribution in [2.75, 3.05) is 6.61 Å². The first kappa shape index (κ1) is 33.0. The van der Waals surface area contributed by atoms with E-state index in [4.69, 9.17) is 19.3 Å². The fourth-order valence-corrected chi connectivity index (χ4v) is 5.90. The van der Waals surface area contributed by atoms with E-state index in [-0.39, 0.29) is 30.1 Å². The van der Waals surface area contributed by atoms with Crippen LogP contribution in [0.3, 0.4) is 0 Å². The second kappa shape index (κ2) is 14.9. The number of carbonyl (C=O) groups excluding carboxylic acids is 2. The van der Waals surface area contributed by atoms with Crippen LogP contribution in [-0.2, 0) is 32.3 Å². The Morgan fingerprint density at radius 3 is 1.82 bits per heavy atom. The molecule has 2 heterocycles. The molecule has 0 aliphatic carbocycles. The molecule has 1 aliphatic rings. The van der Waals surface area contributed by atoms with Gasteiger partial charge in [-0.3, -0.25) is 0 Å². The molecule has 8 nitrogen and oxygen atoms in total. The van der Waals surface area contributed by atoms with Gasteiger partial charge in [-0.05, 0) is 62.2 Å². The van der Waals surface area contributed by atoms with Gasteiger partial charge in [0.1, 0.15) is 13.2 Å². The van der Waals surface area contributed by atoms with Gasteiger partial charge in [-0.1, -0.05) is 78.9 Å². The molecule has 1 N–H and O–H groups in total. The molecule has 4 aromatic carbocycles. The zero-order valence-corrected chi connectivity index (χ0v) is 27.5. The number of para-hydroxylation sites is 1. The molecule has 0 spiro atoms. The highest BCUT2D eigenvalue weighted by atomic mass is 19.1. The summed E-state index contributed by atoms with van der Waals surface area (Å²) in [6.45, 7) is 5.67. The van der Waals surface area contributed by atoms with Gasteiger partial charge in [-0.15, -0.1) is 0 Å². The van der Waals surface area contributed by atoms with Crippen molar-refractivity contribution in [3.63, 3.8) is 0 Å². The lowest BCUT2D eigenvalue weighted by atomic mass is 9.79. The molecular formula is C40H36FN3O5. The molecular weight excluding hydrogens is 621 g/mol. The second-order valence-corrected chi connectivity index (χ2v) is 11.6. The predicted octanol–water partition coefficient (Wildman–Crippen LogP) is 7.80. The summed E-state index contributed by atoms with van der Waals surface area (Å²) in [5.41, 5.74) is 5.12. The first-order chi connectivity index (χ1) is 23.8. The lowest BCUT2D eigenvalue weighted by Crippen LogP contribution is -2.32. The summed E-state index contributed by atoms with van der Waals surface area (Å²) in [6.07, 6.45) is 1.77. The smallest absolute Gasteiger partial charge is 0.337 e. The number of aromatic nitrogens is 2. The maximum atomic E-state index is 15.3. The summed E-state index contributed by atoms with van der Waals surface area (Å²) in [5.74, 6) is -2.66. The number of halogens is 1. The average Bonchev–Trinajstić information content (AvgIpc) is 3.57. The van der Waals surface area contributed by atoms with Crippen LogP contribution in [0.25, 0.3) is 16.9 Å². The van der Waals surface area contributed by atoms with Crippen molar-refractivity contribution < 1.29 is 28.2 Å². The van der Waals surface area contributed by atoms with E-state index < -0.39 is 23.7 Å². The fourth-order valence-electron chi connectivity index (χ4n) is 5.90. The largest absolute Gasteiger partial charge is 0.491 e. The van der Waals surface area contributed by atoms with Crippen LogP contribution >= 0.6 is 0 Å². The fraction of sp³-hybridized carbons (Fsp3) is 0.175. The molecule has 0 bridgehead atoms. The lowest BCUT2D eigenvalue weighted by Gasteiger charge is -2.30. The van der Waals surface area contributed by atoms with E-state index in [2.05, 4.69) is 5.32 Å². The van der Waals surface area contributed by atoms with E-state index in [1.807, 2.05) is 91.0 Å². The Morgan fingerprint density at radius 2 is 1.31 bits per heavy atom. The zero-order chi connectivity index (χ0) is 34.3. The van der Waals surface area contributed by atoms with E-state index in [1.165, 1.54) is 6.07 Å². The topological polar surface area (TPSA) is 91.7 Å². The van der Waals surface area contributed by atoms with Gasteiger partial charge in [0.15, 0.2) is 11.6 Å². The van der Waals surface area contributed by atoms with Gasteiger partial charge in [0.05, 0.1) is 35.1 Å². The SMILES string of the molecule is CCOc1ccc(-c2nn(-c3ccccc3)cc2C2C(C(=O)OCc3ccccc3)=C(C)NC(C)=C2C(=O)OCc2ccccc2)cc1F. The van der Waals surface area contributed by atoms with Crippen molar-refractivity contribution in [2.45, 2.75) is 39.9 Å². The molecule has 0 fully saturated rings. The monoisotopic (exact) mass is 657 g/mol. The van der Waals surface area contributed by atoms with E-state index >= 15 is 4.39 Å². The standard InChI is InChI=1S/C40H36FN3O5/c1-4-47-34-21-20-30(22-33(34)41)38-32(23-44(43-38)31-18-12-7-13-19-31)37-35(39(45)48-24-28-14-8-5-9-15-28)26(2)42-27(3)36(37)40(46)49-25-29-16-10-6-11-17-29/h5-23,37,42H,4,24-25H2,1-3H3. The number of esters is 2. The average molecular weight is 658 g/mol. The van der Waals surface area contributed by atoms with Gasteiger partial charge in [-0.2, -0.15) is 5.10 Å². The zero-order valence-electron chi connectivity index (χ0n) is 27.5. The second-order valence-electron chi connectivity index (χ2n) is 11.6. The highest BCUT2D eigenvalue weighted by Crippen LogP contribution is 2.44. The van der Waals surface area contributed by atoms with Gasteiger partial charge in [0.2, 0.25) is 0 Å². The van der Waals surface area contributed by atoms with Crippen LogP contribution in [0.5, 0.6) is 5.75 Å². The molecule has 248 valence electrons. The Hall–Kier alpha value is -5.96. The molecule has 6 rings (SSSR count). The van der Waals surface area contributed by atoms with Gasteiger partial charge < -0.3 is 19.5 Å². The normalized spacial score (nSPS) is 13.2. The van der Waals surface area contributed by atoms with Crippen LogP contribution in [0.4, 0.5) is 4.39 Å². The van der Waals surface area contributed by atoms with Crippen molar-refractivity contribution in [2.24, 2.45) is 0 Å². The summed E-state index contributed by atoms with van der Waals surface area (Å²) < 4.78 is 34.2. The number of ether oxygens (including phenoxy) is 3. The molecule has 0 amide bonds. The summed E-state index contributed by atoms with van der Waals surface area (Å²) >= 11 is 0. The van der Waals surface area contributed by atoms with E-state index in [0.717, 1.165) is 16.8 Å². The lowest BCUT2D eigenvalue weighted by molar-refractivity contribution is -0.141. The highest BCUT2D eigenvalue weighted by Gasteiger charge is 2.40. The number of carbonyl (C=O) groups is 2. The molecule has 0 radical (unpaired) electrons. The van der Waals surface area contributed by atoms with Crippen LogP contribution in [0.2, 0.25) is 0 Å². The molecule has 1 aromatic heterocycles.